The van der Waals surface area contributed by atoms with Gasteiger partial charge in [0, 0.05) is 24.2 Å². The summed E-state index contributed by atoms with van der Waals surface area (Å²) in [6.45, 7) is -0.223. The normalized spacial score (nSPS) is 13.0. The molecule has 0 saturated carbocycles. The van der Waals surface area contributed by atoms with Crippen LogP contribution in [0, 0.1) is 0 Å². The Morgan fingerprint density at radius 2 is 1.86 bits per heavy atom. The standard InChI is InChI=1S/C21H17N3O4/c1-23-17-11-15(7-9-19(17)28-13-21(23)27)18(25)12-24-20(26)10-8-16(22-24)14-5-3-2-4-6-14/h2-11H,12-13H2,1H3. The van der Waals surface area contributed by atoms with Crippen LogP contribution in [0.15, 0.2) is 65.5 Å². The van der Waals surface area contributed by atoms with E-state index in [9.17, 15) is 14.4 Å². The van der Waals surface area contributed by atoms with E-state index in [1.807, 2.05) is 30.3 Å². The molecular formula is C21H17N3O4. The number of rotatable bonds is 4. The molecule has 1 aromatic heterocycles. The summed E-state index contributed by atoms with van der Waals surface area (Å²) in [5, 5.41) is 4.32. The smallest absolute Gasteiger partial charge is 0.267 e. The van der Waals surface area contributed by atoms with Gasteiger partial charge in [-0.15, -0.1) is 0 Å². The second-order valence-corrected chi connectivity index (χ2v) is 6.43. The van der Waals surface area contributed by atoms with Crippen LogP contribution in [0.1, 0.15) is 10.4 Å². The Bertz CT molecular complexity index is 1120. The molecule has 7 heteroatoms. The molecule has 140 valence electrons. The molecule has 0 fully saturated rings. The van der Waals surface area contributed by atoms with Crippen molar-refractivity contribution in [3.63, 3.8) is 0 Å². The number of amides is 1. The number of hydrogen-bond acceptors (Lipinski definition) is 5. The lowest BCUT2D eigenvalue weighted by atomic mass is 10.1. The summed E-state index contributed by atoms with van der Waals surface area (Å²) in [6, 6.07) is 17.3. The Hall–Kier alpha value is -3.74. The predicted molar refractivity (Wildman–Crippen MR) is 104 cm³/mol. The summed E-state index contributed by atoms with van der Waals surface area (Å²) < 4.78 is 6.52. The van der Waals surface area contributed by atoms with E-state index in [1.54, 1.807) is 31.3 Å². The van der Waals surface area contributed by atoms with E-state index in [2.05, 4.69) is 5.10 Å². The molecule has 0 bridgehead atoms. The molecule has 0 N–H and O–H groups in total. The van der Waals surface area contributed by atoms with Gasteiger partial charge in [-0.3, -0.25) is 14.4 Å². The number of hydrogen-bond donors (Lipinski definition) is 0. The molecule has 0 spiro atoms. The van der Waals surface area contributed by atoms with Crippen molar-refractivity contribution in [2.45, 2.75) is 6.54 Å². The molecule has 0 atom stereocenters. The van der Waals surface area contributed by atoms with Gasteiger partial charge in [-0.2, -0.15) is 5.10 Å². The second kappa shape index (κ2) is 7.11. The molecule has 1 aliphatic heterocycles. The largest absolute Gasteiger partial charge is 0.482 e. The number of benzene rings is 2. The van der Waals surface area contributed by atoms with Crippen molar-refractivity contribution in [3.05, 3.63) is 76.6 Å². The molecule has 28 heavy (non-hydrogen) atoms. The van der Waals surface area contributed by atoms with Gasteiger partial charge in [0.15, 0.2) is 12.4 Å². The number of ether oxygens (including phenoxy) is 1. The third kappa shape index (κ3) is 3.29. The number of carbonyl (C=O) groups is 2. The first-order valence-corrected chi connectivity index (χ1v) is 8.73. The minimum absolute atomic E-state index is 0.0254. The molecule has 4 rings (SSSR count). The molecular weight excluding hydrogens is 358 g/mol. The SMILES string of the molecule is CN1C(=O)COc2ccc(C(=O)Cn3nc(-c4ccccc4)ccc3=O)cc21. The quantitative estimate of drug-likeness (QED) is 0.653. The van der Waals surface area contributed by atoms with E-state index in [0.29, 0.717) is 22.7 Å². The third-order valence-corrected chi connectivity index (χ3v) is 4.60. The zero-order chi connectivity index (χ0) is 19.7. The van der Waals surface area contributed by atoms with Crippen LogP contribution in [0.4, 0.5) is 5.69 Å². The van der Waals surface area contributed by atoms with Gasteiger partial charge in [0.25, 0.3) is 11.5 Å². The van der Waals surface area contributed by atoms with Crippen molar-refractivity contribution in [1.82, 2.24) is 9.78 Å². The number of likely N-dealkylation sites (N-methyl/N-ethyl adjacent to an activating group) is 1. The van der Waals surface area contributed by atoms with Gasteiger partial charge < -0.3 is 9.64 Å². The van der Waals surface area contributed by atoms with Crippen LogP contribution < -0.4 is 15.2 Å². The summed E-state index contributed by atoms with van der Waals surface area (Å²) in [4.78, 5) is 38.2. The Balaban J connectivity index is 1.63. The van der Waals surface area contributed by atoms with Gasteiger partial charge in [0.1, 0.15) is 12.3 Å². The number of nitrogens with zero attached hydrogens (tertiary/aromatic N) is 3. The van der Waals surface area contributed by atoms with E-state index in [-0.39, 0.29) is 30.4 Å². The van der Waals surface area contributed by atoms with E-state index in [0.717, 1.165) is 10.2 Å². The lowest BCUT2D eigenvalue weighted by Crippen LogP contribution is -2.35. The molecule has 2 aromatic carbocycles. The van der Waals surface area contributed by atoms with Crippen LogP contribution in [0.5, 0.6) is 5.75 Å². The van der Waals surface area contributed by atoms with Crippen LogP contribution in [0.3, 0.4) is 0 Å². The van der Waals surface area contributed by atoms with Crippen molar-refractivity contribution in [1.29, 1.82) is 0 Å². The van der Waals surface area contributed by atoms with Crippen molar-refractivity contribution < 1.29 is 14.3 Å². The Labute approximate surface area is 160 Å². The zero-order valence-electron chi connectivity index (χ0n) is 15.2. The highest BCUT2D eigenvalue weighted by Crippen LogP contribution is 2.32. The molecule has 0 saturated heterocycles. The number of carbonyl (C=O) groups excluding carboxylic acids is 2. The molecule has 0 unspecified atom stereocenters. The number of aromatic nitrogens is 2. The van der Waals surface area contributed by atoms with E-state index in [1.165, 1.54) is 11.0 Å². The first-order chi connectivity index (χ1) is 13.5. The van der Waals surface area contributed by atoms with Crippen LogP contribution >= 0.6 is 0 Å². The summed E-state index contributed by atoms with van der Waals surface area (Å²) in [5.74, 6) is 0.0691. The average Bonchev–Trinajstić information content (AvgIpc) is 2.73. The molecule has 2 heterocycles. The number of fused-ring (bicyclic) bond motifs is 1. The maximum atomic E-state index is 12.7. The maximum Gasteiger partial charge on any atom is 0.267 e. The fourth-order valence-electron chi connectivity index (χ4n) is 3.00. The third-order valence-electron chi connectivity index (χ3n) is 4.60. The van der Waals surface area contributed by atoms with Gasteiger partial charge in [-0.1, -0.05) is 30.3 Å². The number of Topliss-reactive ketones (excluding diaryl/α,β-unsaturated/α-hetero) is 1. The van der Waals surface area contributed by atoms with Crippen molar-refractivity contribution >= 4 is 17.4 Å². The fourth-order valence-corrected chi connectivity index (χ4v) is 3.00. The summed E-state index contributed by atoms with van der Waals surface area (Å²) in [6.07, 6.45) is 0. The molecule has 7 nitrogen and oxygen atoms in total. The highest BCUT2D eigenvalue weighted by Gasteiger charge is 2.23. The number of anilines is 1. The first kappa shape index (κ1) is 17.7. The lowest BCUT2D eigenvalue weighted by molar-refractivity contribution is -0.120. The molecule has 1 aliphatic rings. The monoisotopic (exact) mass is 375 g/mol. The van der Waals surface area contributed by atoms with Crippen molar-refractivity contribution in [3.8, 4) is 17.0 Å². The molecule has 3 aromatic rings. The number of ketones is 1. The second-order valence-electron chi connectivity index (χ2n) is 6.43. The average molecular weight is 375 g/mol. The van der Waals surface area contributed by atoms with Gasteiger partial charge >= 0.3 is 0 Å². The van der Waals surface area contributed by atoms with Crippen molar-refractivity contribution in [2.24, 2.45) is 0 Å². The highest BCUT2D eigenvalue weighted by molar-refractivity contribution is 6.01. The zero-order valence-corrected chi connectivity index (χ0v) is 15.2. The predicted octanol–water partition coefficient (Wildman–Crippen LogP) is 2.15. The van der Waals surface area contributed by atoms with Crippen LogP contribution in [0.25, 0.3) is 11.3 Å². The lowest BCUT2D eigenvalue weighted by Gasteiger charge is -2.26. The van der Waals surface area contributed by atoms with Gasteiger partial charge in [-0.25, -0.2) is 4.68 Å². The van der Waals surface area contributed by atoms with Gasteiger partial charge in [0.2, 0.25) is 0 Å². The highest BCUT2D eigenvalue weighted by atomic mass is 16.5. The van der Waals surface area contributed by atoms with Gasteiger partial charge in [-0.05, 0) is 24.3 Å². The van der Waals surface area contributed by atoms with Crippen LogP contribution in [-0.4, -0.2) is 35.1 Å². The topological polar surface area (TPSA) is 81.5 Å². The minimum Gasteiger partial charge on any atom is -0.482 e. The maximum absolute atomic E-state index is 12.7. The van der Waals surface area contributed by atoms with Gasteiger partial charge in [0.05, 0.1) is 11.4 Å². The summed E-state index contributed by atoms with van der Waals surface area (Å²) >= 11 is 0. The molecule has 0 aliphatic carbocycles. The van der Waals surface area contributed by atoms with E-state index >= 15 is 0 Å². The Morgan fingerprint density at radius 3 is 2.64 bits per heavy atom. The van der Waals surface area contributed by atoms with Crippen LogP contribution in [0.2, 0.25) is 0 Å². The van der Waals surface area contributed by atoms with E-state index < -0.39 is 0 Å². The first-order valence-electron chi connectivity index (χ1n) is 8.73. The van der Waals surface area contributed by atoms with Crippen molar-refractivity contribution in [2.75, 3.05) is 18.6 Å². The molecule has 1 amide bonds. The molecule has 0 radical (unpaired) electrons. The Morgan fingerprint density at radius 1 is 1.07 bits per heavy atom. The fraction of sp³-hybridized carbons (Fsp3) is 0.143. The van der Waals surface area contributed by atoms with Crippen LogP contribution in [-0.2, 0) is 11.3 Å². The van der Waals surface area contributed by atoms with E-state index in [4.69, 9.17) is 4.74 Å². The Kier molecular flexibility index (Phi) is 4.49. The summed E-state index contributed by atoms with van der Waals surface area (Å²) in [5.41, 5.74) is 2.01. The minimum atomic E-state index is -0.360. The summed E-state index contributed by atoms with van der Waals surface area (Å²) in [7, 11) is 1.63.